The van der Waals surface area contributed by atoms with Crippen molar-refractivity contribution in [2.24, 2.45) is 0 Å². The van der Waals surface area contributed by atoms with Crippen molar-refractivity contribution in [1.29, 1.82) is 0 Å². The highest BCUT2D eigenvalue weighted by atomic mass is 16.1. The third kappa shape index (κ3) is 2.59. The minimum atomic E-state index is 0.799. The Kier molecular flexibility index (Phi) is 4.12. The molecule has 3 aromatic carbocycles. The van der Waals surface area contributed by atoms with E-state index in [0.717, 1.165) is 45.2 Å². The van der Waals surface area contributed by atoms with Gasteiger partial charge in [-0.1, -0.05) is 60.7 Å². The number of hydrogen-bond acceptors (Lipinski definition) is 1. The molecular formula is C22H20O. The van der Waals surface area contributed by atoms with Gasteiger partial charge in [0.25, 0.3) is 0 Å². The van der Waals surface area contributed by atoms with Crippen molar-refractivity contribution in [2.75, 3.05) is 0 Å². The van der Waals surface area contributed by atoms with Crippen LogP contribution in [0.2, 0.25) is 0 Å². The lowest BCUT2D eigenvalue weighted by Gasteiger charge is -2.20. The molecule has 0 aliphatic carbocycles. The first-order valence-corrected chi connectivity index (χ1v) is 7.85. The van der Waals surface area contributed by atoms with Gasteiger partial charge in [0.1, 0.15) is 0 Å². The maximum atomic E-state index is 11.7. The Morgan fingerprint density at radius 1 is 0.609 bits per heavy atom. The van der Waals surface area contributed by atoms with Crippen LogP contribution >= 0.6 is 0 Å². The van der Waals surface area contributed by atoms with Gasteiger partial charge in [-0.25, -0.2) is 0 Å². The molecule has 0 N–H and O–H groups in total. The number of aldehydes is 1. The molecule has 0 radical (unpaired) electrons. The fraction of sp³-hybridized carbons (Fsp3) is 0.136. The van der Waals surface area contributed by atoms with Gasteiger partial charge < -0.3 is 0 Å². The highest BCUT2D eigenvalue weighted by Crippen LogP contribution is 2.38. The predicted octanol–water partition coefficient (Wildman–Crippen LogP) is 5.76. The molecule has 0 aliphatic heterocycles. The fourth-order valence-electron chi connectivity index (χ4n) is 3.49. The van der Waals surface area contributed by atoms with Gasteiger partial charge >= 0.3 is 0 Å². The van der Waals surface area contributed by atoms with E-state index in [0.29, 0.717) is 0 Å². The summed E-state index contributed by atoms with van der Waals surface area (Å²) in [5.74, 6) is 0. The van der Waals surface area contributed by atoms with E-state index in [4.69, 9.17) is 0 Å². The smallest absolute Gasteiger partial charge is 0.150 e. The summed E-state index contributed by atoms with van der Waals surface area (Å²) in [6.07, 6.45) is 0.989. The average molecular weight is 300 g/mol. The number of benzene rings is 3. The molecule has 0 aliphatic rings. The average Bonchev–Trinajstić information content (AvgIpc) is 2.57. The summed E-state index contributed by atoms with van der Waals surface area (Å²) in [5.41, 5.74) is 8.78. The van der Waals surface area contributed by atoms with Crippen molar-refractivity contribution in [3.8, 4) is 22.3 Å². The number of carbonyl (C=O) groups excluding carboxylic acids is 1. The van der Waals surface area contributed by atoms with Crippen LogP contribution in [-0.2, 0) is 0 Å². The van der Waals surface area contributed by atoms with E-state index in [1.807, 2.05) is 50.2 Å². The Bertz CT molecular complexity index is 780. The first kappa shape index (κ1) is 15.2. The number of hydrogen-bond donors (Lipinski definition) is 0. The van der Waals surface area contributed by atoms with Crippen LogP contribution in [0.1, 0.15) is 27.0 Å². The van der Waals surface area contributed by atoms with E-state index >= 15 is 0 Å². The van der Waals surface area contributed by atoms with Crippen molar-refractivity contribution in [1.82, 2.24) is 0 Å². The zero-order valence-electron chi connectivity index (χ0n) is 13.8. The van der Waals surface area contributed by atoms with Gasteiger partial charge in [-0.2, -0.15) is 0 Å². The van der Waals surface area contributed by atoms with Gasteiger partial charge in [-0.05, 0) is 59.7 Å². The maximum Gasteiger partial charge on any atom is 0.150 e. The van der Waals surface area contributed by atoms with E-state index in [2.05, 4.69) is 31.2 Å². The molecule has 1 heteroatoms. The van der Waals surface area contributed by atoms with Crippen LogP contribution < -0.4 is 0 Å². The molecule has 0 aromatic heterocycles. The molecule has 0 unspecified atom stereocenters. The molecule has 0 spiro atoms. The highest BCUT2D eigenvalue weighted by molar-refractivity contribution is 5.92. The lowest BCUT2D eigenvalue weighted by molar-refractivity contribution is 0.112. The Morgan fingerprint density at radius 3 is 1.35 bits per heavy atom. The second-order valence-electron chi connectivity index (χ2n) is 5.89. The van der Waals surface area contributed by atoms with Gasteiger partial charge in [-0.15, -0.1) is 0 Å². The maximum absolute atomic E-state index is 11.7. The molecule has 0 bridgehead atoms. The van der Waals surface area contributed by atoms with Gasteiger partial charge in [0.05, 0.1) is 0 Å². The zero-order valence-corrected chi connectivity index (χ0v) is 13.8. The second kappa shape index (κ2) is 6.21. The topological polar surface area (TPSA) is 17.1 Å². The lowest BCUT2D eigenvalue weighted by Crippen LogP contribution is -2.02. The number of rotatable bonds is 3. The highest BCUT2D eigenvalue weighted by Gasteiger charge is 2.18. The SMILES string of the molecule is Cc1c(C=O)c(C)c(-c2ccccc2)c(C)c1-c1ccccc1. The van der Waals surface area contributed by atoms with Crippen LogP contribution in [-0.4, -0.2) is 6.29 Å². The van der Waals surface area contributed by atoms with Crippen molar-refractivity contribution in [3.63, 3.8) is 0 Å². The quantitative estimate of drug-likeness (QED) is 0.562. The molecule has 0 saturated heterocycles. The lowest BCUT2D eigenvalue weighted by atomic mass is 9.83. The summed E-state index contributed by atoms with van der Waals surface area (Å²) in [4.78, 5) is 11.7. The first-order valence-electron chi connectivity index (χ1n) is 7.85. The molecule has 0 amide bonds. The standard InChI is InChI=1S/C22H20O/c1-15-20(14-23)16(2)22(19-12-8-5-9-13-19)17(3)21(15)18-10-6-4-7-11-18/h4-14H,1-3H3. The molecular weight excluding hydrogens is 280 g/mol. The number of carbonyl (C=O) groups is 1. The van der Waals surface area contributed by atoms with E-state index in [1.54, 1.807) is 0 Å². The van der Waals surface area contributed by atoms with E-state index in [1.165, 1.54) is 5.56 Å². The summed E-state index contributed by atoms with van der Waals surface area (Å²) in [6.45, 7) is 6.24. The second-order valence-corrected chi connectivity index (χ2v) is 5.89. The zero-order chi connectivity index (χ0) is 16.4. The Labute approximate surface area is 137 Å². The molecule has 0 atom stereocenters. The van der Waals surface area contributed by atoms with Crippen LogP contribution in [0.5, 0.6) is 0 Å². The van der Waals surface area contributed by atoms with Crippen molar-refractivity contribution in [3.05, 3.63) is 82.9 Å². The molecule has 23 heavy (non-hydrogen) atoms. The predicted molar refractivity (Wildman–Crippen MR) is 96.9 cm³/mol. The molecule has 114 valence electrons. The monoisotopic (exact) mass is 300 g/mol. The third-order valence-electron chi connectivity index (χ3n) is 4.55. The molecule has 0 heterocycles. The van der Waals surface area contributed by atoms with Crippen LogP contribution in [0.25, 0.3) is 22.3 Å². The van der Waals surface area contributed by atoms with Gasteiger partial charge in [0.15, 0.2) is 6.29 Å². The van der Waals surface area contributed by atoms with Crippen LogP contribution in [0.4, 0.5) is 0 Å². The van der Waals surface area contributed by atoms with Crippen LogP contribution in [0, 0.1) is 20.8 Å². The molecule has 0 saturated carbocycles. The van der Waals surface area contributed by atoms with Crippen molar-refractivity contribution >= 4 is 6.29 Å². The third-order valence-corrected chi connectivity index (χ3v) is 4.55. The van der Waals surface area contributed by atoms with E-state index in [-0.39, 0.29) is 0 Å². The molecule has 3 aromatic rings. The Morgan fingerprint density at radius 2 is 1.00 bits per heavy atom. The minimum absolute atomic E-state index is 0.799. The minimum Gasteiger partial charge on any atom is -0.298 e. The molecule has 3 rings (SSSR count). The fourth-order valence-corrected chi connectivity index (χ4v) is 3.49. The van der Waals surface area contributed by atoms with Crippen LogP contribution in [0.15, 0.2) is 60.7 Å². The summed E-state index contributed by atoms with van der Waals surface area (Å²) in [5, 5.41) is 0. The summed E-state index contributed by atoms with van der Waals surface area (Å²) < 4.78 is 0. The Hall–Kier alpha value is -2.67. The summed E-state index contributed by atoms with van der Waals surface area (Å²) >= 11 is 0. The summed E-state index contributed by atoms with van der Waals surface area (Å²) in [7, 11) is 0. The Balaban J connectivity index is 2.40. The normalized spacial score (nSPS) is 10.6. The largest absolute Gasteiger partial charge is 0.298 e. The van der Waals surface area contributed by atoms with E-state index in [9.17, 15) is 4.79 Å². The van der Waals surface area contributed by atoms with Crippen molar-refractivity contribution < 1.29 is 4.79 Å². The summed E-state index contributed by atoms with van der Waals surface area (Å²) in [6, 6.07) is 20.6. The van der Waals surface area contributed by atoms with Crippen molar-refractivity contribution in [2.45, 2.75) is 20.8 Å². The molecule has 0 fully saturated rings. The first-order chi connectivity index (χ1) is 11.1. The van der Waals surface area contributed by atoms with Gasteiger partial charge in [0.2, 0.25) is 0 Å². The molecule has 1 nitrogen and oxygen atoms in total. The van der Waals surface area contributed by atoms with Gasteiger partial charge in [-0.3, -0.25) is 4.79 Å². The van der Waals surface area contributed by atoms with Crippen LogP contribution in [0.3, 0.4) is 0 Å². The van der Waals surface area contributed by atoms with Gasteiger partial charge in [0, 0.05) is 5.56 Å². The van der Waals surface area contributed by atoms with E-state index < -0.39 is 0 Å².